The Morgan fingerprint density at radius 3 is 2.36 bits per heavy atom. The maximum Gasteiger partial charge on any atom is 0.205 e. The Bertz CT molecular complexity index is 181. The first-order valence-electron chi connectivity index (χ1n) is 5.16. The van der Waals surface area contributed by atoms with E-state index in [1.165, 1.54) is 0 Å². The highest BCUT2D eigenvalue weighted by molar-refractivity contribution is 5.79. The minimum atomic E-state index is 0.287. The fourth-order valence-electron chi connectivity index (χ4n) is 0.822. The first-order chi connectivity index (χ1) is 6.41. The van der Waals surface area contributed by atoms with Gasteiger partial charge >= 0.3 is 0 Å². The van der Waals surface area contributed by atoms with Crippen LogP contribution in [0.1, 0.15) is 34.6 Å². The zero-order valence-electron chi connectivity index (χ0n) is 10.0. The topological polar surface area (TPSA) is 62.4 Å². The zero-order chi connectivity index (χ0) is 11.2. The summed E-state index contributed by atoms with van der Waals surface area (Å²) >= 11 is 0. The van der Waals surface area contributed by atoms with E-state index in [1.54, 1.807) is 0 Å². The SMILES string of the molecule is CCNC(=NCC(C)C(C)(C)C)NN. The van der Waals surface area contributed by atoms with Crippen molar-refractivity contribution in [3.63, 3.8) is 0 Å². The summed E-state index contributed by atoms with van der Waals surface area (Å²) in [5, 5.41) is 3.05. The van der Waals surface area contributed by atoms with Crippen molar-refractivity contribution in [1.29, 1.82) is 0 Å². The maximum absolute atomic E-state index is 5.31. The lowest BCUT2D eigenvalue weighted by molar-refractivity contribution is 0.269. The minimum Gasteiger partial charge on any atom is -0.356 e. The first kappa shape index (κ1) is 13.2. The van der Waals surface area contributed by atoms with Gasteiger partial charge in [0.25, 0.3) is 0 Å². The molecule has 0 aromatic heterocycles. The van der Waals surface area contributed by atoms with E-state index in [4.69, 9.17) is 5.84 Å². The second-order valence-electron chi connectivity index (χ2n) is 4.63. The molecule has 4 N–H and O–H groups in total. The molecule has 0 aliphatic rings. The van der Waals surface area contributed by atoms with Crippen LogP contribution in [0.4, 0.5) is 0 Å². The Labute approximate surface area is 87.3 Å². The van der Waals surface area contributed by atoms with Gasteiger partial charge in [0, 0.05) is 13.1 Å². The van der Waals surface area contributed by atoms with E-state index in [-0.39, 0.29) is 5.41 Å². The number of guanidine groups is 1. The zero-order valence-corrected chi connectivity index (χ0v) is 10.0. The monoisotopic (exact) mass is 200 g/mol. The Morgan fingerprint density at radius 1 is 1.43 bits per heavy atom. The second-order valence-corrected chi connectivity index (χ2v) is 4.63. The van der Waals surface area contributed by atoms with Crippen molar-refractivity contribution in [2.45, 2.75) is 34.6 Å². The lowest BCUT2D eigenvalue weighted by atomic mass is 9.82. The summed E-state index contributed by atoms with van der Waals surface area (Å²) in [6.45, 7) is 12.5. The molecule has 0 saturated carbocycles. The Morgan fingerprint density at radius 2 is 2.00 bits per heavy atom. The second kappa shape index (κ2) is 5.86. The summed E-state index contributed by atoms with van der Waals surface area (Å²) in [6.07, 6.45) is 0. The van der Waals surface area contributed by atoms with Crippen LogP contribution in [-0.4, -0.2) is 19.0 Å². The molecule has 0 fully saturated rings. The molecule has 0 radical (unpaired) electrons. The van der Waals surface area contributed by atoms with E-state index in [0.29, 0.717) is 11.9 Å². The van der Waals surface area contributed by atoms with Gasteiger partial charge in [-0.2, -0.15) is 0 Å². The van der Waals surface area contributed by atoms with Crippen LogP contribution >= 0.6 is 0 Å². The van der Waals surface area contributed by atoms with Crippen LogP contribution in [0.2, 0.25) is 0 Å². The number of hydrazine groups is 1. The van der Waals surface area contributed by atoms with Crippen molar-refractivity contribution >= 4 is 5.96 Å². The van der Waals surface area contributed by atoms with Crippen LogP contribution in [-0.2, 0) is 0 Å². The molecule has 1 unspecified atom stereocenters. The van der Waals surface area contributed by atoms with Gasteiger partial charge in [0.1, 0.15) is 0 Å². The van der Waals surface area contributed by atoms with Gasteiger partial charge in [-0.25, -0.2) is 5.84 Å². The standard InChI is InChI=1S/C10H24N4/c1-6-12-9(14-11)13-7-8(2)10(3,4)5/h8H,6-7,11H2,1-5H3,(H2,12,13,14). The number of nitrogens with zero attached hydrogens (tertiary/aromatic N) is 1. The molecule has 4 nitrogen and oxygen atoms in total. The molecule has 4 heteroatoms. The van der Waals surface area contributed by atoms with Crippen molar-refractivity contribution in [3.05, 3.63) is 0 Å². The summed E-state index contributed by atoms with van der Waals surface area (Å²) in [4.78, 5) is 4.37. The van der Waals surface area contributed by atoms with E-state index in [2.05, 4.69) is 43.4 Å². The van der Waals surface area contributed by atoms with E-state index >= 15 is 0 Å². The third kappa shape index (κ3) is 5.07. The lowest BCUT2D eigenvalue weighted by Gasteiger charge is -2.25. The number of hydrogen-bond acceptors (Lipinski definition) is 2. The van der Waals surface area contributed by atoms with Crippen molar-refractivity contribution in [3.8, 4) is 0 Å². The van der Waals surface area contributed by atoms with Gasteiger partial charge in [-0.1, -0.05) is 27.7 Å². The summed E-state index contributed by atoms with van der Waals surface area (Å²) in [6, 6.07) is 0. The molecule has 0 amide bonds. The van der Waals surface area contributed by atoms with Crippen LogP contribution in [0.15, 0.2) is 4.99 Å². The van der Waals surface area contributed by atoms with Crippen molar-refractivity contribution in [1.82, 2.24) is 10.7 Å². The third-order valence-electron chi connectivity index (χ3n) is 2.48. The quantitative estimate of drug-likeness (QED) is 0.277. The van der Waals surface area contributed by atoms with Crippen LogP contribution in [0.5, 0.6) is 0 Å². The van der Waals surface area contributed by atoms with E-state index in [1.807, 2.05) is 6.92 Å². The molecule has 0 saturated heterocycles. The molecule has 0 aromatic rings. The number of nitrogens with two attached hydrogens (primary N) is 1. The smallest absolute Gasteiger partial charge is 0.205 e. The first-order valence-corrected chi connectivity index (χ1v) is 5.16. The molecule has 0 aromatic carbocycles. The molecule has 14 heavy (non-hydrogen) atoms. The van der Waals surface area contributed by atoms with Gasteiger partial charge in [-0.15, -0.1) is 0 Å². The minimum absolute atomic E-state index is 0.287. The Hall–Kier alpha value is -0.770. The van der Waals surface area contributed by atoms with Gasteiger partial charge in [0.15, 0.2) is 0 Å². The Balaban J connectivity index is 4.11. The van der Waals surface area contributed by atoms with Crippen molar-refractivity contribution < 1.29 is 0 Å². The van der Waals surface area contributed by atoms with Gasteiger partial charge in [-0.05, 0) is 18.3 Å². The van der Waals surface area contributed by atoms with Crippen LogP contribution < -0.4 is 16.6 Å². The molecule has 1 atom stereocenters. The molecule has 0 aliphatic carbocycles. The van der Waals surface area contributed by atoms with Crippen LogP contribution in [0.3, 0.4) is 0 Å². The van der Waals surface area contributed by atoms with Gasteiger partial charge < -0.3 is 5.32 Å². The number of rotatable bonds is 3. The van der Waals surface area contributed by atoms with E-state index in [0.717, 1.165) is 13.1 Å². The third-order valence-corrected chi connectivity index (χ3v) is 2.48. The average molecular weight is 200 g/mol. The highest BCUT2D eigenvalue weighted by Gasteiger charge is 2.19. The summed E-state index contributed by atoms with van der Waals surface area (Å²) in [5.74, 6) is 6.51. The average Bonchev–Trinajstić information content (AvgIpc) is 2.10. The highest BCUT2D eigenvalue weighted by atomic mass is 15.3. The maximum atomic E-state index is 5.31. The largest absolute Gasteiger partial charge is 0.356 e. The molecular formula is C10H24N4. The van der Waals surface area contributed by atoms with Crippen molar-refractivity contribution in [2.24, 2.45) is 22.2 Å². The van der Waals surface area contributed by atoms with Crippen molar-refractivity contribution in [2.75, 3.05) is 13.1 Å². The summed E-state index contributed by atoms with van der Waals surface area (Å²) < 4.78 is 0. The summed E-state index contributed by atoms with van der Waals surface area (Å²) in [7, 11) is 0. The molecule has 0 rings (SSSR count). The molecule has 0 bridgehead atoms. The van der Waals surface area contributed by atoms with Crippen LogP contribution in [0, 0.1) is 11.3 Å². The van der Waals surface area contributed by atoms with Gasteiger partial charge in [0.05, 0.1) is 0 Å². The fraction of sp³-hybridized carbons (Fsp3) is 0.900. The van der Waals surface area contributed by atoms with Gasteiger partial charge in [0.2, 0.25) is 5.96 Å². The molecule has 0 aliphatic heterocycles. The summed E-state index contributed by atoms with van der Waals surface area (Å²) in [5.41, 5.74) is 2.84. The molecule has 0 spiro atoms. The predicted octanol–water partition coefficient (Wildman–Crippen LogP) is 1.10. The molecule has 0 heterocycles. The number of hydrogen-bond donors (Lipinski definition) is 3. The van der Waals surface area contributed by atoms with E-state index in [9.17, 15) is 0 Å². The fourth-order valence-corrected chi connectivity index (χ4v) is 0.822. The lowest BCUT2D eigenvalue weighted by Crippen LogP contribution is -2.42. The Kier molecular flexibility index (Phi) is 5.53. The van der Waals surface area contributed by atoms with E-state index < -0.39 is 0 Å². The highest BCUT2D eigenvalue weighted by Crippen LogP contribution is 2.25. The number of nitrogens with one attached hydrogen (secondary N) is 2. The number of aliphatic imine (C=N–C) groups is 1. The van der Waals surface area contributed by atoms with Crippen LogP contribution in [0.25, 0.3) is 0 Å². The molecular weight excluding hydrogens is 176 g/mol. The normalized spacial score (nSPS) is 15.1. The predicted molar refractivity (Wildman–Crippen MR) is 61.9 cm³/mol. The molecule has 84 valence electrons. The van der Waals surface area contributed by atoms with Gasteiger partial charge in [-0.3, -0.25) is 10.4 Å².